The molecule has 2 fully saturated rings. The lowest BCUT2D eigenvalue weighted by molar-refractivity contribution is -0.137. The molecule has 0 unspecified atom stereocenters. The molecular formula is C20H30N2O5S. The van der Waals surface area contributed by atoms with Gasteiger partial charge in [-0.2, -0.15) is 4.31 Å². The minimum absolute atomic E-state index is 0.165. The van der Waals surface area contributed by atoms with Crippen LogP contribution in [0.15, 0.2) is 29.2 Å². The van der Waals surface area contributed by atoms with Gasteiger partial charge in [0.2, 0.25) is 15.9 Å². The summed E-state index contributed by atoms with van der Waals surface area (Å²) in [7, 11) is -1.98. The number of carbonyl (C=O) groups is 1. The maximum Gasteiger partial charge on any atom is 0.243 e. The van der Waals surface area contributed by atoms with E-state index >= 15 is 0 Å². The summed E-state index contributed by atoms with van der Waals surface area (Å²) in [5.41, 5.74) is 0. The highest BCUT2D eigenvalue weighted by atomic mass is 32.2. The Morgan fingerprint density at radius 3 is 2.43 bits per heavy atom. The van der Waals surface area contributed by atoms with Crippen LogP contribution in [0.4, 0.5) is 0 Å². The third-order valence-corrected chi connectivity index (χ3v) is 7.76. The number of hydrogen-bond acceptors (Lipinski definition) is 5. The Kier molecular flexibility index (Phi) is 6.95. The maximum atomic E-state index is 13.0. The molecule has 2 heterocycles. The monoisotopic (exact) mass is 410 g/mol. The van der Waals surface area contributed by atoms with E-state index in [0.29, 0.717) is 58.0 Å². The molecular weight excluding hydrogens is 380 g/mol. The fraction of sp³-hybridized carbons (Fsp3) is 0.650. The van der Waals surface area contributed by atoms with E-state index in [0.717, 1.165) is 6.42 Å². The lowest BCUT2D eigenvalue weighted by atomic mass is 9.82. The molecule has 2 saturated heterocycles. The zero-order valence-electron chi connectivity index (χ0n) is 16.7. The average molecular weight is 411 g/mol. The van der Waals surface area contributed by atoms with Crippen LogP contribution >= 0.6 is 0 Å². The van der Waals surface area contributed by atoms with E-state index in [1.165, 1.54) is 0 Å². The first-order chi connectivity index (χ1) is 13.5. The van der Waals surface area contributed by atoms with Crippen LogP contribution < -0.4 is 4.74 Å². The number of ether oxygens (including phenoxy) is 2. The number of piperidine rings is 1. The first kappa shape index (κ1) is 21.1. The van der Waals surface area contributed by atoms with E-state index in [2.05, 4.69) is 6.92 Å². The molecule has 3 rings (SSSR count). The van der Waals surface area contributed by atoms with Crippen molar-refractivity contribution in [2.45, 2.75) is 31.1 Å². The fourth-order valence-electron chi connectivity index (χ4n) is 4.06. The van der Waals surface area contributed by atoms with Crippen LogP contribution in [0.1, 0.15) is 26.2 Å². The summed E-state index contributed by atoms with van der Waals surface area (Å²) in [6.07, 6.45) is 2.06. The predicted octanol–water partition coefficient (Wildman–Crippen LogP) is 1.98. The number of nitrogens with zero attached hydrogens (tertiary/aromatic N) is 2. The number of carbonyl (C=O) groups excluding carboxylic acids is 1. The lowest BCUT2D eigenvalue weighted by Gasteiger charge is -2.38. The van der Waals surface area contributed by atoms with Gasteiger partial charge in [-0.25, -0.2) is 8.42 Å². The molecule has 28 heavy (non-hydrogen) atoms. The van der Waals surface area contributed by atoms with Gasteiger partial charge in [0.25, 0.3) is 0 Å². The molecule has 0 aliphatic carbocycles. The molecule has 0 saturated carbocycles. The number of amides is 1. The van der Waals surface area contributed by atoms with Crippen molar-refractivity contribution < 1.29 is 22.7 Å². The Morgan fingerprint density at radius 2 is 1.82 bits per heavy atom. The summed E-state index contributed by atoms with van der Waals surface area (Å²) in [5.74, 6) is 1.21. The van der Waals surface area contributed by atoms with Crippen LogP contribution in [-0.4, -0.2) is 70.0 Å². The molecule has 2 aliphatic heterocycles. The highest BCUT2D eigenvalue weighted by Crippen LogP contribution is 2.32. The van der Waals surface area contributed by atoms with Crippen molar-refractivity contribution >= 4 is 15.9 Å². The highest BCUT2D eigenvalue weighted by molar-refractivity contribution is 7.89. The summed E-state index contributed by atoms with van der Waals surface area (Å²) in [4.78, 5) is 14.8. The van der Waals surface area contributed by atoms with Gasteiger partial charge in [0.15, 0.2) is 0 Å². The van der Waals surface area contributed by atoms with Gasteiger partial charge < -0.3 is 14.4 Å². The average Bonchev–Trinajstić information content (AvgIpc) is 2.74. The van der Waals surface area contributed by atoms with Crippen LogP contribution in [0.3, 0.4) is 0 Å². The Hall–Kier alpha value is -1.64. The smallest absolute Gasteiger partial charge is 0.243 e. The second-order valence-corrected chi connectivity index (χ2v) is 9.39. The van der Waals surface area contributed by atoms with Crippen molar-refractivity contribution in [1.29, 1.82) is 0 Å². The molecule has 7 nitrogen and oxygen atoms in total. The van der Waals surface area contributed by atoms with E-state index in [1.807, 2.05) is 4.90 Å². The largest absolute Gasteiger partial charge is 0.497 e. The first-order valence-corrected chi connectivity index (χ1v) is 11.4. The predicted molar refractivity (Wildman–Crippen MR) is 106 cm³/mol. The number of hydrogen-bond donors (Lipinski definition) is 0. The van der Waals surface area contributed by atoms with Crippen LogP contribution in [0.25, 0.3) is 0 Å². The molecule has 0 spiro atoms. The van der Waals surface area contributed by atoms with Gasteiger partial charge in [0, 0.05) is 32.6 Å². The zero-order valence-corrected chi connectivity index (χ0v) is 17.5. The number of methoxy groups -OCH3 is 1. The Bertz CT molecular complexity index is 759. The number of sulfonamides is 1. The molecule has 1 aromatic rings. The van der Waals surface area contributed by atoms with E-state index in [-0.39, 0.29) is 22.6 Å². The van der Waals surface area contributed by atoms with Gasteiger partial charge in [0.1, 0.15) is 5.75 Å². The Morgan fingerprint density at radius 1 is 1.14 bits per heavy atom. The van der Waals surface area contributed by atoms with Crippen molar-refractivity contribution in [1.82, 2.24) is 9.21 Å². The van der Waals surface area contributed by atoms with E-state index in [4.69, 9.17) is 9.47 Å². The second kappa shape index (κ2) is 9.24. The summed E-state index contributed by atoms with van der Waals surface area (Å²) in [6.45, 7) is 5.49. The van der Waals surface area contributed by atoms with Gasteiger partial charge in [0.05, 0.1) is 25.2 Å². The van der Waals surface area contributed by atoms with Crippen LogP contribution in [0.2, 0.25) is 0 Å². The number of rotatable bonds is 6. The van der Waals surface area contributed by atoms with Crippen molar-refractivity contribution in [2.24, 2.45) is 11.8 Å². The van der Waals surface area contributed by atoms with E-state index < -0.39 is 10.0 Å². The van der Waals surface area contributed by atoms with Crippen LogP contribution in [0.5, 0.6) is 5.75 Å². The summed E-state index contributed by atoms with van der Waals surface area (Å²) in [6, 6.07) is 6.50. The van der Waals surface area contributed by atoms with Gasteiger partial charge in [-0.05, 0) is 42.5 Å². The van der Waals surface area contributed by atoms with Gasteiger partial charge in [-0.1, -0.05) is 13.3 Å². The molecule has 1 amide bonds. The standard InChI is InChI=1S/C20H30N2O5S/c1-3-16-15-22(28(24,25)19-6-4-18(26-2)5-7-19)9-8-17(16)14-20(23)21-10-12-27-13-11-21/h4-7,16-17H,3,8-15H2,1-2H3/t16-,17+/m1/s1. The number of benzene rings is 1. The molecule has 2 atom stereocenters. The quantitative estimate of drug-likeness (QED) is 0.717. The van der Waals surface area contributed by atoms with E-state index in [9.17, 15) is 13.2 Å². The third-order valence-electron chi connectivity index (χ3n) is 5.88. The third kappa shape index (κ3) is 4.67. The van der Waals surface area contributed by atoms with Crippen LogP contribution in [0, 0.1) is 11.8 Å². The van der Waals surface area contributed by atoms with Crippen molar-refractivity contribution in [3.8, 4) is 5.75 Å². The Labute approximate surface area is 167 Å². The molecule has 156 valence electrons. The van der Waals surface area contributed by atoms with Gasteiger partial charge in [-0.3, -0.25) is 4.79 Å². The molecule has 1 aromatic carbocycles. The number of morpholine rings is 1. The fourth-order valence-corrected chi connectivity index (χ4v) is 5.57. The molecule has 2 aliphatic rings. The Balaban J connectivity index is 1.65. The normalized spacial score (nSPS) is 24.1. The zero-order chi connectivity index (χ0) is 20.1. The highest BCUT2D eigenvalue weighted by Gasteiger charge is 2.36. The van der Waals surface area contributed by atoms with Crippen molar-refractivity contribution in [3.05, 3.63) is 24.3 Å². The van der Waals surface area contributed by atoms with Gasteiger partial charge >= 0.3 is 0 Å². The molecule has 0 N–H and O–H groups in total. The molecule has 0 aromatic heterocycles. The van der Waals surface area contributed by atoms with E-state index in [1.54, 1.807) is 35.7 Å². The minimum Gasteiger partial charge on any atom is -0.497 e. The maximum absolute atomic E-state index is 13.0. The second-order valence-electron chi connectivity index (χ2n) is 7.45. The molecule has 8 heteroatoms. The molecule has 0 bridgehead atoms. The van der Waals surface area contributed by atoms with Crippen molar-refractivity contribution in [3.63, 3.8) is 0 Å². The lowest BCUT2D eigenvalue weighted by Crippen LogP contribution is -2.46. The SMILES string of the molecule is CC[C@@H]1CN(S(=O)(=O)c2ccc(OC)cc2)CC[C@H]1CC(=O)N1CCOCC1. The molecule has 0 radical (unpaired) electrons. The first-order valence-electron chi connectivity index (χ1n) is 9.95. The topological polar surface area (TPSA) is 76.2 Å². The summed E-state index contributed by atoms with van der Waals surface area (Å²) < 4.78 is 38.0. The van der Waals surface area contributed by atoms with Crippen molar-refractivity contribution in [2.75, 3.05) is 46.5 Å². The summed E-state index contributed by atoms with van der Waals surface area (Å²) in [5, 5.41) is 0. The minimum atomic E-state index is -3.54. The van der Waals surface area contributed by atoms with Gasteiger partial charge in [-0.15, -0.1) is 0 Å². The van der Waals surface area contributed by atoms with Crippen LogP contribution in [-0.2, 0) is 19.6 Å². The summed E-state index contributed by atoms with van der Waals surface area (Å²) >= 11 is 0.